The van der Waals surface area contributed by atoms with E-state index < -0.39 is 4.92 Å². The van der Waals surface area contributed by atoms with Crippen LogP contribution >= 0.6 is 11.8 Å². The van der Waals surface area contributed by atoms with Crippen LogP contribution in [-0.4, -0.2) is 32.4 Å². The Hall–Kier alpha value is -3.07. The van der Waals surface area contributed by atoms with E-state index in [0.717, 1.165) is 5.56 Å². The lowest BCUT2D eigenvalue weighted by molar-refractivity contribution is -0.384. The first-order valence-electron chi connectivity index (χ1n) is 8.02. The molecule has 0 radical (unpaired) electrons. The number of nitro benzene ring substituents is 1. The number of benzene rings is 2. The van der Waals surface area contributed by atoms with Crippen molar-refractivity contribution in [1.29, 1.82) is 0 Å². The third-order valence-corrected chi connectivity index (χ3v) is 4.88. The summed E-state index contributed by atoms with van der Waals surface area (Å²) in [6.45, 7) is 2.04. The zero-order valence-corrected chi connectivity index (χ0v) is 15.1. The number of rotatable bonds is 5. The van der Waals surface area contributed by atoms with Crippen LogP contribution in [0.5, 0.6) is 0 Å². The van der Waals surface area contributed by atoms with Gasteiger partial charge in [0.1, 0.15) is 5.82 Å². The molecule has 0 saturated carbocycles. The van der Waals surface area contributed by atoms with Gasteiger partial charge in [-0.2, -0.15) is 5.10 Å². The van der Waals surface area contributed by atoms with E-state index in [0.29, 0.717) is 10.7 Å². The van der Waals surface area contributed by atoms with E-state index in [2.05, 4.69) is 10.2 Å². The summed E-state index contributed by atoms with van der Waals surface area (Å²) < 4.78 is 13.1. The summed E-state index contributed by atoms with van der Waals surface area (Å²) in [5.74, 6) is -0.446. The van der Waals surface area contributed by atoms with Gasteiger partial charge in [-0.15, -0.1) is 5.10 Å². The maximum Gasteiger partial charge on any atom is 0.270 e. The Morgan fingerprint density at radius 3 is 2.74 bits per heavy atom. The molecule has 0 aromatic heterocycles. The molecule has 27 heavy (non-hydrogen) atoms. The minimum atomic E-state index is -0.485. The van der Waals surface area contributed by atoms with E-state index in [4.69, 9.17) is 0 Å². The normalized spacial score (nSPS) is 18.6. The average molecular weight is 386 g/mol. The molecule has 1 aliphatic heterocycles. The molecule has 0 aliphatic carbocycles. The summed E-state index contributed by atoms with van der Waals surface area (Å²) in [7, 11) is 0. The zero-order valence-electron chi connectivity index (χ0n) is 14.3. The van der Waals surface area contributed by atoms with Gasteiger partial charge in [0.2, 0.25) is 5.91 Å². The van der Waals surface area contributed by atoms with Crippen molar-refractivity contribution in [3.05, 3.63) is 75.6 Å². The van der Waals surface area contributed by atoms with Crippen molar-refractivity contribution < 1.29 is 14.1 Å². The van der Waals surface area contributed by atoms with Crippen LogP contribution in [0.4, 0.5) is 10.1 Å². The number of hydrogen-bond donors (Lipinski definition) is 0. The highest BCUT2D eigenvalue weighted by molar-refractivity contribution is 8.15. The second-order valence-corrected chi connectivity index (χ2v) is 7.10. The lowest BCUT2D eigenvalue weighted by Gasteiger charge is -2.15. The van der Waals surface area contributed by atoms with Gasteiger partial charge < -0.3 is 0 Å². The molecule has 1 amide bonds. The molecular formula is C18H15FN4O3S. The molecule has 7 nitrogen and oxygen atoms in total. The standard InChI is InChI=1S/C18H15FN4O3S/c1-12-17(24)22(11-13-5-7-15(19)8-6-13)18(27-12)21-20-10-14-3-2-4-16(9-14)23(25)26/h2-10,12H,11H2,1H3. The first-order chi connectivity index (χ1) is 12.9. The number of carbonyl (C=O) groups is 1. The third-order valence-electron chi connectivity index (χ3n) is 3.81. The molecule has 1 heterocycles. The molecule has 9 heteroatoms. The van der Waals surface area contributed by atoms with Gasteiger partial charge in [0, 0.05) is 17.7 Å². The number of non-ortho nitro benzene ring substituents is 1. The molecule has 3 rings (SSSR count). The van der Waals surface area contributed by atoms with Gasteiger partial charge in [-0.25, -0.2) is 4.39 Å². The Bertz CT molecular complexity index is 930. The lowest BCUT2D eigenvalue weighted by atomic mass is 10.2. The van der Waals surface area contributed by atoms with Crippen molar-refractivity contribution in [1.82, 2.24) is 4.90 Å². The first kappa shape index (κ1) is 18.7. The highest BCUT2D eigenvalue weighted by Crippen LogP contribution is 2.28. The fourth-order valence-corrected chi connectivity index (χ4v) is 3.37. The van der Waals surface area contributed by atoms with Gasteiger partial charge in [-0.3, -0.25) is 19.8 Å². The minimum absolute atomic E-state index is 0.0384. The molecule has 2 aromatic rings. The summed E-state index contributed by atoms with van der Waals surface area (Å²) in [6, 6.07) is 11.9. The summed E-state index contributed by atoms with van der Waals surface area (Å²) in [5, 5.41) is 19.0. The molecule has 1 fully saturated rings. The Balaban J connectivity index is 1.78. The van der Waals surface area contributed by atoms with Crippen molar-refractivity contribution in [2.75, 3.05) is 0 Å². The van der Waals surface area contributed by atoms with Crippen molar-refractivity contribution in [3.8, 4) is 0 Å². The number of thioether (sulfide) groups is 1. The molecule has 138 valence electrons. The second-order valence-electron chi connectivity index (χ2n) is 5.79. The van der Waals surface area contributed by atoms with Gasteiger partial charge in [-0.05, 0) is 24.6 Å². The van der Waals surface area contributed by atoms with Gasteiger partial charge >= 0.3 is 0 Å². The predicted molar refractivity (Wildman–Crippen MR) is 102 cm³/mol. The molecule has 1 saturated heterocycles. The van der Waals surface area contributed by atoms with Crippen LogP contribution < -0.4 is 0 Å². The van der Waals surface area contributed by atoms with E-state index >= 15 is 0 Å². The monoisotopic (exact) mass is 386 g/mol. The van der Waals surface area contributed by atoms with E-state index in [1.54, 1.807) is 31.2 Å². The van der Waals surface area contributed by atoms with Gasteiger partial charge in [-0.1, -0.05) is 36.0 Å². The quantitative estimate of drug-likeness (QED) is 0.446. The number of nitro groups is 1. The number of halogens is 1. The molecule has 0 N–H and O–H groups in total. The Labute approximate surface area is 158 Å². The summed E-state index contributed by atoms with van der Waals surface area (Å²) in [6.07, 6.45) is 1.39. The van der Waals surface area contributed by atoms with Crippen LogP contribution in [0, 0.1) is 15.9 Å². The van der Waals surface area contributed by atoms with Crippen molar-refractivity contribution in [2.24, 2.45) is 10.2 Å². The predicted octanol–water partition coefficient (Wildman–Crippen LogP) is 3.59. The van der Waals surface area contributed by atoms with Crippen LogP contribution in [0.1, 0.15) is 18.1 Å². The second kappa shape index (κ2) is 8.09. The summed E-state index contributed by atoms with van der Waals surface area (Å²) >= 11 is 1.28. The molecule has 1 atom stereocenters. The minimum Gasteiger partial charge on any atom is -0.284 e. The lowest BCUT2D eigenvalue weighted by Crippen LogP contribution is -2.30. The van der Waals surface area contributed by atoms with E-state index in [9.17, 15) is 19.3 Å². The average Bonchev–Trinajstić information content (AvgIpc) is 2.91. The number of nitrogens with zero attached hydrogens (tertiary/aromatic N) is 4. The van der Waals surface area contributed by atoms with Crippen LogP contribution in [-0.2, 0) is 11.3 Å². The highest BCUT2D eigenvalue weighted by Gasteiger charge is 2.35. The fraction of sp³-hybridized carbons (Fsp3) is 0.167. The van der Waals surface area contributed by atoms with Crippen molar-refractivity contribution in [2.45, 2.75) is 18.7 Å². The highest BCUT2D eigenvalue weighted by atomic mass is 32.2. The van der Waals surface area contributed by atoms with Crippen LogP contribution in [0.25, 0.3) is 0 Å². The van der Waals surface area contributed by atoms with Crippen LogP contribution in [0.15, 0.2) is 58.7 Å². The van der Waals surface area contributed by atoms with Gasteiger partial charge in [0.05, 0.1) is 22.9 Å². The van der Waals surface area contributed by atoms with Crippen molar-refractivity contribution >= 4 is 34.7 Å². The molecule has 0 spiro atoms. The molecular weight excluding hydrogens is 371 g/mol. The summed E-state index contributed by atoms with van der Waals surface area (Å²) in [4.78, 5) is 24.2. The van der Waals surface area contributed by atoms with Crippen molar-refractivity contribution in [3.63, 3.8) is 0 Å². The maximum absolute atomic E-state index is 13.1. The molecule has 1 unspecified atom stereocenters. The Kier molecular flexibility index (Phi) is 5.60. The molecule has 2 aromatic carbocycles. The maximum atomic E-state index is 13.1. The number of carbonyl (C=O) groups excluding carboxylic acids is 1. The topological polar surface area (TPSA) is 88.2 Å². The smallest absolute Gasteiger partial charge is 0.270 e. The largest absolute Gasteiger partial charge is 0.284 e. The first-order valence-corrected chi connectivity index (χ1v) is 8.90. The number of amides is 1. The third kappa shape index (κ3) is 4.56. The molecule has 1 aliphatic rings. The fourth-order valence-electron chi connectivity index (χ4n) is 2.44. The van der Waals surface area contributed by atoms with E-state index in [-0.39, 0.29) is 29.2 Å². The van der Waals surface area contributed by atoms with E-state index in [1.165, 1.54) is 47.1 Å². The summed E-state index contributed by atoms with van der Waals surface area (Å²) in [5.41, 5.74) is 1.26. The zero-order chi connectivity index (χ0) is 19.4. The number of amidine groups is 1. The molecule has 0 bridgehead atoms. The van der Waals surface area contributed by atoms with E-state index in [1.807, 2.05) is 0 Å². The van der Waals surface area contributed by atoms with Crippen LogP contribution in [0.3, 0.4) is 0 Å². The Morgan fingerprint density at radius 2 is 2.04 bits per heavy atom. The number of hydrogen-bond acceptors (Lipinski definition) is 6. The van der Waals surface area contributed by atoms with Crippen LogP contribution in [0.2, 0.25) is 0 Å². The SMILES string of the molecule is CC1SC(=NN=Cc2cccc([N+](=O)[O-])c2)N(Cc2ccc(F)cc2)C1=O. The Morgan fingerprint density at radius 1 is 1.30 bits per heavy atom. The van der Waals surface area contributed by atoms with Gasteiger partial charge in [0.25, 0.3) is 5.69 Å². The van der Waals surface area contributed by atoms with Gasteiger partial charge in [0.15, 0.2) is 5.17 Å².